The van der Waals surface area contributed by atoms with Crippen LogP contribution in [-0.2, 0) is 13.0 Å². The summed E-state index contributed by atoms with van der Waals surface area (Å²) in [5, 5.41) is 0. The Balaban J connectivity index is 2.32. The van der Waals surface area contributed by atoms with Gasteiger partial charge in [0, 0.05) is 6.54 Å². The summed E-state index contributed by atoms with van der Waals surface area (Å²) in [6.07, 6.45) is 2.46. The number of benzene rings is 1. The van der Waals surface area contributed by atoms with Crippen LogP contribution in [0.5, 0.6) is 5.75 Å². The molecule has 0 unspecified atom stereocenters. The van der Waals surface area contributed by atoms with Crippen LogP contribution in [-0.4, -0.2) is 25.6 Å². The highest BCUT2D eigenvalue weighted by atomic mass is 16.5. The molecule has 1 aliphatic rings. The van der Waals surface area contributed by atoms with Crippen molar-refractivity contribution in [1.29, 1.82) is 0 Å². The summed E-state index contributed by atoms with van der Waals surface area (Å²) in [5.74, 6) is 0.971. The Hall–Kier alpha value is -1.02. The second kappa shape index (κ2) is 4.01. The van der Waals surface area contributed by atoms with E-state index in [0.29, 0.717) is 0 Å². The topological polar surface area (TPSA) is 12.5 Å². The summed E-state index contributed by atoms with van der Waals surface area (Å²) in [6.45, 7) is 2.24. The number of rotatable bonds is 1. The highest BCUT2D eigenvalue weighted by Gasteiger charge is 2.11. The average molecular weight is 191 g/mol. The van der Waals surface area contributed by atoms with Crippen LogP contribution in [0.25, 0.3) is 0 Å². The third-order valence-electron chi connectivity index (χ3n) is 2.84. The second-order valence-electron chi connectivity index (χ2n) is 3.98. The summed E-state index contributed by atoms with van der Waals surface area (Å²) < 4.78 is 5.24. The quantitative estimate of drug-likeness (QED) is 0.674. The zero-order chi connectivity index (χ0) is 9.97. The van der Waals surface area contributed by atoms with Crippen LogP contribution in [0.2, 0.25) is 0 Å². The van der Waals surface area contributed by atoms with E-state index in [9.17, 15) is 0 Å². The normalized spacial score (nSPS) is 17.3. The molecule has 0 saturated carbocycles. The number of ether oxygens (including phenoxy) is 1. The molecule has 1 aromatic rings. The van der Waals surface area contributed by atoms with Gasteiger partial charge in [0.25, 0.3) is 0 Å². The van der Waals surface area contributed by atoms with Gasteiger partial charge in [-0.3, -0.25) is 0 Å². The molecule has 0 radical (unpaired) electrons. The van der Waals surface area contributed by atoms with E-state index in [-0.39, 0.29) is 0 Å². The SMILES string of the molecule is COc1ccc2c(c1)CN(C)CCC2. The van der Waals surface area contributed by atoms with E-state index in [2.05, 4.69) is 30.1 Å². The molecule has 0 spiro atoms. The van der Waals surface area contributed by atoms with Gasteiger partial charge in [0.05, 0.1) is 7.11 Å². The van der Waals surface area contributed by atoms with Crippen molar-refractivity contribution >= 4 is 0 Å². The van der Waals surface area contributed by atoms with Gasteiger partial charge in [-0.05, 0) is 49.7 Å². The molecule has 0 aromatic heterocycles. The summed E-state index contributed by atoms with van der Waals surface area (Å²) in [4.78, 5) is 2.37. The molecular formula is C12H17NO. The molecule has 2 heteroatoms. The molecule has 2 nitrogen and oxygen atoms in total. The lowest BCUT2D eigenvalue weighted by molar-refractivity contribution is 0.331. The first-order valence-corrected chi connectivity index (χ1v) is 5.14. The number of hydrogen-bond acceptors (Lipinski definition) is 2. The van der Waals surface area contributed by atoms with Crippen molar-refractivity contribution in [2.45, 2.75) is 19.4 Å². The molecule has 14 heavy (non-hydrogen) atoms. The van der Waals surface area contributed by atoms with Gasteiger partial charge < -0.3 is 9.64 Å². The maximum atomic E-state index is 5.24. The predicted octanol–water partition coefficient (Wildman–Crippen LogP) is 2.07. The largest absolute Gasteiger partial charge is 0.497 e. The van der Waals surface area contributed by atoms with Crippen molar-refractivity contribution in [2.24, 2.45) is 0 Å². The molecule has 76 valence electrons. The van der Waals surface area contributed by atoms with Crippen LogP contribution in [0, 0.1) is 0 Å². The minimum absolute atomic E-state index is 0.971. The van der Waals surface area contributed by atoms with Gasteiger partial charge in [0.1, 0.15) is 5.75 Å². The molecule has 1 heterocycles. The van der Waals surface area contributed by atoms with Crippen molar-refractivity contribution in [3.05, 3.63) is 29.3 Å². The Kier molecular flexibility index (Phi) is 2.73. The van der Waals surface area contributed by atoms with Gasteiger partial charge in [-0.2, -0.15) is 0 Å². The lowest BCUT2D eigenvalue weighted by atomic mass is 10.0. The Bertz CT molecular complexity index is 322. The molecule has 0 atom stereocenters. The lowest BCUT2D eigenvalue weighted by Gasteiger charge is -2.13. The van der Waals surface area contributed by atoms with Gasteiger partial charge >= 0.3 is 0 Å². The summed E-state index contributed by atoms with van der Waals surface area (Å²) in [6, 6.07) is 6.43. The van der Waals surface area contributed by atoms with Crippen LogP contribution >= 0.6 is 0 Å². The van der Waals surface area contributed by atoms with Crippen molar-refractivity contribution in [3.63, 3.8) is 0 Å². The van der Waals surface area contributed by atoms with Crippen molar-refractivity contribution in [3.8, 4) is 5.75 Å². The molecule has 1 aliphatic heterocycles. The minimum Gasteiger partial charge on any atom is -0.497 e. The maximum absolute atomic E-state index is 5.24. The summed E-state index contributed by atoms with van der Waals surface area (Å²) in [5.41, 5.74) is 2.90. The third kappa shape index (κ3) is 1.90. The van der Waals surface area contributed by atoms with Crippen molar-refractivity contribution < 1.29 is 4.74 Å². The van der Waals surface area contributed by atoms with Crippen molar-refractivity contribution in [1.82, 2.24) is 4.90 Å². The molecule has 0 aliphatic carbocycles. The monoisotopic (exact) mass is 191 g/mol. The Morgan fingerprint density at radius 2 is 2.14 bits per heavy atom. The first-order valence-electron chi connectivity index (χ1n) is 5.14. The lowest BCUT2D eigenvalue weighted by Crippen LogP contribution is -2.17. The van der Waals surface area contributed by atoms with Gasteiger partial charge in [0.15, 0.2) is 0 Å². The fourth-order valence-corrected chi connectivity index (χ4v) is 2.03. The smallest absolute Gasteiger partial charge is 0.119 e. The Labute approximate surface area is 85.5 Å². The highest BCUT2D eigenvalue weighted by molar-refractivity contribution is 5.36. The number of hydrogen-bond donors (Lipinski definition) is 0. The molecule has 2 rings (SSSR count). The molecule has 0 bridgehead atoms. The van der Waals surface area contributed by atoms with E-state index >= 15 is 0 Å². The number of methoxy groups -OCH3 is 1. The minimum atomic E-state index is 0.971. The van der Waals surface area contributed by atoms with E-state index < -0.39 is 0 Å². The fourth-order valence-electron chi connectivity index (χ4n) is 2.03. The average Bonchev–Trinajstić information content (AvgIpc) is 2.37. The van der Waals surface area contributed by atoms with Crippen molar-refractivity contribution in [2.75, 3.05) is 20.7 Å². The first kappa shape index (κ1) is 9.53. The molecule has 0 fully saturated rings. The van der Waals surface area contributed by atoms with E-state index in [1.807, 2.05) is 0 Å². The van der Waals surface area contributed by atoms with Gasteiger partial charge in [-0.1, -0.05) is 6.07 Å². The van der Waals surface area contributed by atoms with E-state index in [0.717, 1.165) is 12.3 Å². The van der Waals surface area contributed by atoms with E-state index in [4.69, 9.17) is 4.74 Å². The molecule has 0 saturated heterocycles. The standard InChI is InChI=1S/C12H17NO/c1-13-7-3-4-10-5-6-12(14-2)8-11(10)9-13/h5-6,8H,3-4,7,9H2,1-2H3. The van der Waals surface area contributed by atoms with E-state index in [1.54, 1.807) is 7.11 Å². The molecule has 0 N–H and O–H groups in total. The van der Waals surface area contributed by atoms with Crippen LogP contribution < -0.4 is 4.74 Å². The number of fused-ring (bicyclic) bond motifs is 1. The number of nitrogens with zero attached hydrogens (tertiary/aromatic N) is 1. The Morgan fingerprint density at radius 1 is 1.29 bits per heavy atom. The maximum Gasteiger partial charge on any atom is 0.119 e. The first-order chi connectivity index (χ1) is 6.79. The van der Waals surface area contributed by atoms with Crippen LogP contribution in [0.3, 0.4) is 0 Å². The molecule has 1 aromatic carbocycles. The van der Waals surface area contributed by atoms with Gasteiger partial charge in [-0.25, -0.2) is 0 Å². The third-order valence-corrected chi connectivity index (χ3v) is 2.84. The zero-order valence-electron chi connectivity index (χ0n) is 8.92. The van der Waals surface area contributed by atoms with E-state index in [1.165, 1.54) is 30.5 Å². The van der Waals surface area contributed by atoms with Crippen LogP contribution in [0.1, 0.15) is 17.5 Å². The zero-order valence-corrected chi connectivity index (χ0v) is 8.92. The Morgan fingerprint density at radius 3 is 2.93 bits per heavy atom. The predicted molar refractivity (Wildman–Crippen MR) is 57.6 cm³/mol. The van der Waals surface area contributed by atoms with Crippen LogP contribution in [0.15, 0.2) is 18.2 Å². The second-order valence-corrected chi connectivity index (χ2v) is 3.98. The highest BCUT2D eigenvalue weighted by Crippen LogP contribution is 2.22. The summed E-state index contributed by atoms with van der Waals surface area (Å²) >= 11 is 0. The van der Waals surface area contributed by atoms with Crippen LogP contribution in [0.4, 0.5) is 0 Å². The molecular weight excluding hydrogens is 174 g/mol. The van der Waals surface area contributed by atoms with Gasteiger partial charge in [0.2, 0.25) is 0 Å². The fraction of sp³-hybridized carbons (Fsp3) is 0.500. The number of aryl methyl sites for hydroxylation is 1. The van der Waals surface area contributed by atoms with Gasteiger partial charge in [-0.15, -0.1) is 0 Å². The summed E-state index contributed by atoms with van der Waals surface area (Å²) in [7, 11) is 3.90. The molecule has 0 amide bonds.